The molecule has 194 valence electrons. The molecule has 0 aromatic heterocycles. The van der Waals surface area contributed by atoms with Crippen LogP contribution in [0.2, 0.25) is 0 Å². The van der Waals surface area contributed by atoms with Gasteiger partial charge in [-0.1, -0.05) is 32.0 Å². The molecular weight excluding hydrogens is 492 g/mol. The van der Waals surface area contributed by atoms with Gasteiger partial charge < -0.3 is 10.1 Å². The minimum absolute atomic E-state index is 0.116. The van der Waals surface area contributed by atoms with Crippen LogP contribution in [0.3, 0.4) is 0 Å². The third-order valence-electron chi connectivity index (χ3n) is 5.09. The predicted molar refractivity (Wildman–Crippen MR) is 139 cm³/mol. The number of hydrazine groups is 1. The second kappa shape index (κ2) is 12.6. The van der Waals surface area contributed by atoms with E-state index in [2.05, 4.69) is 16.2 Å². The first-order valence-electron chi connectivity index (χ1n) is 11.4. The highest BCUT2D eigenvalue weighted by Gasteiger charge is 2.13. The van der Waals surface area contributed by atoms with Gasteiger partial charge in [0.05, 0.1) is 10.5 Å². The zero-order valence-electron chi connectivity index (χ0n) is 20.5. The van der Waals surface area contributed by atoms with Gasteiger partial charge in [-0.2, -0.15) is 0 Å². The van der Waals surface area contributed by atoms with E-state index in [0.29, 0.717) is 11.3 Å². The van der Waals surface area contributed by atoms with Gasteiger partial charge in [0.1, 0.15) is 5.75 Å². The summed E-state index contributed by atoms with van der Waals surface area (Å²) >= 11 is 0. The number of hydrogen-bond acceptors (Lipinski definition) is 7. The lowest BCUT2D eigenvalue weighted by atomic mass is 10.1. The maximum atomic E-state index is 12.4. The van der Waals surface area contributed by atoms with E-state index in [9.17, 15) is 29.3 Å². The van der Waals surface area contributed by atoms with Crippen LogP contribution in [0, 0.1) is 16.0 Å². The Morgan fingerprint density at radius 3 is 2.13 bits per heavy atom. The number of para-hydroxylation sites is 1. The minimum atomic E-state index is -0.729. The Labute approximate surface area is 217 Å². The second-order valence-electron chi connectivity index (χ2n) is 8.23. The molecule has 0 radical (unpaired) electrons. The molecule has 11 heteroatoms. The summed E-state index contributed by atoms with van der Waals surface area (Å²) in [5.74, 6) is -2.11. The van der Waals surface area contributed by atoms with Gasteiger partial charge in [-0.25, -0.2) is 4.79 Å². The molecule has 0 heterocycles. The van der Waals surface area contributed by atoms with Gasteiger partial charge in [-0.15, -0.1) is 0 Å². The Bertz CT molecular complexity index is 1380. The number of nitrogens with zero attached hydrogens (tertiary/aromatic N) is 1. The molecule has 3 amide bonds. The maximum Gasteiger partial charge on any atom is 0.343 e. The lowest BCUT2D eigenvalue weighted by Gasteiger charge is -2.09. The Morgan fingerprint density at radius 2 is 1.50 bits per heavy atom. The van der Waals surface area contributed by atoms with Crippen molar-refractivity contribution in [2.75, 3.05) is 5.32 Å². The highest BCUT2D eigenvalue weighted by Crippen LogP contribution is 2.21. The molecule has 0 saturated heterocycles. The van der Waals surface area contributed by atoms with Crippen LogP contribution in [0.25, 0.3) is 6.08 Å². The van der Waals surface area contributed by atoms with Crippen molar-refractivity contribution in [1.29, 1.82) is 0 Å². The van der Waals surface area contributed by atoms with Crippen LogP contribution in [-0.2, 0) is 9.59 Å². The number of carbonyl (C=O) groups excluding carboxylic acids is 4. The fourth-order valence-corrected chi connectivity index (χ4v) is 2.98. The summed E-state index contributed by atoms with van der Waals surface area (Å²) in [6, 6.07) is 17.6. The number of amides is 3. The second-order valence-corrected chi connectivity index (χ2v) is 8.23. The molecule has 0 bridgehead atoms. The van der Waals surface area contributed by atoms with Crippen molar-refractivity contribution in [2.24, 2.45) is 5.92 Å². The molecule has 0 aliphatic heterocycles. The highest BCUT2D eigenvalue weighted by atomic mass is 16.6. The van der Waals surface area contributed by atoms with E-state index in [1.165, 1.54) is 48.5 Å². The van der Waals surface area contributed by atoms with E-state index < -0.39 is 22.7 Å². The normalized spacial score (nSPS) is 10.6. The zero-order valence-corrected chi connectivity index (χ0v) is 20.5. The molecule has 0 aliphatic carbocycles. The monoisotopic (exact) mass is 516 g/mol. The Hall–Kier alpha value is -5.32. The molecular formula is C27H24N4O7. The lowest BCUT2D eigenvalue weighted by molar-refractivity contribution is -0.384. The molecule has 11 nitrogen and oxygen atoms in total. The Kier molecular flexibility index (Phi) is 9.03. The summed E-state index contributed by atoms with van der Waals surface area (Å²) in [4.78, 5) is 58.9. The topological polar surface area (TPSA) is 157 Å². The molecule has 0 spiro atoms. The van der Waals surface area contributed by atoms with Crippen molar-refractivity contribution in [2.45, 2.75) is 13.8 Å². The molecule has 0 atom stereocenters. The number of esters is 1. The predicted octanol–water partition coefficient (Wildman–Crippen LogP) is 3.88. The molecule has 0 saturated carbocycles. The zero-order chi connectivity index (χ0) is 27.7. The van der Waals surface area contributed by atoms with E-state index in [-0.39, 0.29) is 34.4 Å². The number of rotatable bonds is 8. The summed E-state index contributed by atoms with van der Waals surface area (Å²) in [6.45, 7) is 3.53. The van der Waals surface area contributed by atoms with E-state index >= 15 is 0 Å². The van der Waals surface area contributed by atoms with Gasteiger partial charge in [0, 0.05) is 40.9 Å². The number of benzene rings is 3. The van der Waals surface area contributed by atoms with Crippen LogP contribution in [-0.4, -0.2) is 28.6 Å². The van der Waals surface area contributed by atoms with Gasteiger partial charge in [0.15, 0.2) is 0 Å². The standard InChI is InChI=1S/C27H24N4O7/c1-17(2)25(33)28-21-12-7-19(8-13-21)26(34)30-29-24(32)16-11-18-5-3-4-6-23(18)38-27(35)20-9-14-22(15-10-20)31(36)37/h3-17H,1-2H3,(H,28,33)(H,29,32)(H,30,34)/b16-11+. The fourth-order valence-electron chi connectivity index (χ4n) is 2.98. The maximum absolute atomic E-state index is 12.4. The number of nitro benzene ring substituents is 1. The molecule has 0 unspecified atom stereocenters. The van der Waals surface area contributed by atoms with Gasteiger partial charge in [-0.05, 0) is 48.5 Å². The molecule has 3 aromatic carbocycles. The van der Waals surface area contributed by atoms with Crippen LogP contribution >= 0.6 is 0 Å². The van der Waals surface area contributed by atoms with E-state index in [0.717, 1.165) is 6.08 Å². The van der Waals surface area contributed by atoms with Crippen LogP contribution in [0.1, 0.15) is 40.1 Å². The van der Waals surface area contributed by atoms with Crippen molar-refractivity contribution in [3.63, 3.8) is 0 Å². The van der Waals surface area contributed by atoms with Crippen molar-refractivity contribution >= 4 is 41.1 Å². The third kappa shape index (κ3) is 7.59. The summed E-state index contributed by atoms with van der Waals surface area (Å²) in [5.41, 5.74) is 5.71. The molecule has 0 aliphatic rings. The van der Waals surface area contributed by atoms with Gasteiger partial charge in [0.25, 0.3) is 17.5 Å². The first-order valence-corrected chi connectivity index (χ1v) is 11.4. The molecule has 0 fully saturated rings. The fraction of sp³-hybridized carbons (Fsp3) is 0.111. The smallest absolute Gasteiger partial charge is 0.343 e. The van der Waals surface area contributed by atoms with Crippen LogP contribution in [0.4, 0.5) is 11.4 Å². The first kappa shape index (κ1) is 27.3. The summed E-state index contributed by atoms with van der Waals surface area (Å²) in [6.07, 6.45) is 2.54. The third-order valence-corrected chi connectivity index (χ3v) is 5.09. The summed E-state index contributed by atoms with van der Waals surface area (Å²) in [5, 5.41) is 13.5. The summed E-state index contributed by atoms with van der Waals surface area (Å²) < 4.78 is 5.38. The van der Waals surface area contributed by atoms with E-state index in [1.807, 2.05) is 0 Å². The van der Waals surface area contributed by atoms with Crippen LogP contribution < -0.4 is 20.9 Å². The minimum Gasteiger partial charge on any atom is -0.422 e. The average molecular weight is 517 g/mol. The Balaban J connectivity index is 1.56. The van der Waals surface area contributed by atoms with Crippen molar-refractivity contribution in [3.8, 4) is 5.75 Å². The quantitative estimate of drug-likeness (QED) is 0.135. The van der Waals surface area contributed by atoms with Gasteiger partial charge in [-0.3, -0.25) is 35.3 Å². The average Bonchev–Trinajstić information content (AvgIpc) is 2.91. The summed E-state index contributed by atoms with van der Waals surface area (Å²) in [7, 11) is 0. The number of ether oxygens (including phenoxy) is 1. The number of anilines is 1. The van der Waals surface area contributed by atoms with Crippen molar-refractivity contribution < 1.29 is 28.8 Å². The number of carbonyl (C=O) groups is 4. The van der Waals surface area contributed by atoms with Gasteiger partial charge >= 0.3 is 5.97 Å². The van der Waals surface area contributed by atoms with Crippen LogP contribution in [0.15, 0.2) is 78.9 Å². The SMILES string of the molecule is CC(C)C(=O)Nc1ccc(C(=O)NNC(=O)/C=C/c2ccccc2OC(=O)c2ccc([N+](=O)[O-])cc2)cc1. The molecule has 3 aromatic rings. The number of nitrogens with one attached hydrogen (secondary N) is 3. The largest absolute Gasteiger partial charge is 0.422 e. The number of non-ortho nitro benzene ring substituents is 1. The molecule has 38 heavy (non-hydrogen) atoms. The first-order chi connectivity index (χ1) is 18.1. The van der Waals surface area contributed by atoms with E-state index in [4.69, 9.17) is 4.74 Å². The van der Waals surface area contributed by atoms with Gasteiger partial charge in [0.2, 0.25) is 5.91 Å². The number of nitro groups is 1. The van der Waals surface area contributed by atoms with E-state index in [1.54, 1.807) is 44.2 Å². The lowest BCUT2D eigenvalue weighted by Crippen LogP contribution is -2.40. The highest BCUT2D eigenvalue weighted by molar-refractivity contribution is 5.99. The Morgan fingerprint density at radius 1 is 0.868 bits per heavy atom. The van der Waals surface area contributed by atoms with Crippen molar-refractivity contribution in [1.82, 2.24) is 10.9 Å². The number of hydrogen-bond donors (Lipinski definition) is 3. The molecule has 3 rings (SSSR count). The van der Waals surface area contributed by atoms with Crippen LogP contribution in [0.5, 0.6) is 5.75 Å². The van der Waals surface area contributed by atoms with Crippen molar-refractivity contribution in [3.05, 3.63) is 106 Å². The molecule has 3 N–H and O–H groups in total.